The molecule has 0 aliphatic rings. The first-order chi connectivity index (χ1) is 14.2. The number of hydrogen-bond acceptors (Lipinski definition) is 5. The average molecular weight is 398 g/mol. The van der Waals surface area contributed by atoms with Crippen LogP contribution in [0.2, 0.25) is 0 Å². The predicted molar refractivity (Wildman–Crippen MR) is 117 cm³/mol. The molecular formula is C24H31NO4. The second kappa shape index (κ2) is 12.6. The van der Waals surface area contributed by atoms with E-state index >= 15 is 0 Å². The molecule has 0 radical (unpaired) electrons. The SMILES string of the molecule is C/C=C/COc1cc(C)c(OCCCOC/C(=N/OC)c2ccccc2)c(C)c1. The summed E-state index contributed by atoms with van der Waals surface area (Å²) in [5.41, 5.74) is 3.91. The predicted octanol–water partition coefficient (Wildman–Crippen LogP) is 5.09. The van der Waals surface area contributed by atoms with Crippen LogP contribution in [0.25, 0.3) is 0 Å². The maximum atomic E-state index is 5.98. The van der Waals surface area contributed by atoms with E-state index in [0.29, 0.717) is 26.4 Å². The number of aryl methyl sites for hydroxylation is 2. The lowest BCUT2D eigenvalue weighted by molar-refractivity contribution is 0.145. The van der Waals surface area contributed by atoms with E-state index in [1.54, 1.807) is 0 Å². The molecule has 156 valence electrons. The van der Waals surface area contributed by atoms with E-state index in [-0.39, 0.29) is 0 Å². The summed E-state index contributed by atoms with van der Waals surface area (Å²) in [5.74, 6) is 1.77. The third kappa shape index (κ3) is 7.62. The number of allylic oxidation sites excluding steroid dienone is 1. The van der Waals surface area contributed by atoms with Crippen LogP contribution >= 0.6 is 0 Å². The molecule has 5 heteroatoms. The van der Waals surface area contributed by atoms with Gasteiger partial charge in [0, 0.05) is 12.0 Å². The van der Waals surface area contributed by atoms with Crippen molar-refractivity contribution in [3.8, 4) is 11.5 Å². The molecular weight excluding hydrogens is 366 g/mol. The molecule has 0 saturated heterocycles. The Kier molecular flexibility index (Phi) is 9.80. The van der Waals surface area contributed by atoms with Gasteiger partial charge < -0.3 is 19.0 Å². The number of oxime groups is 1. The molecule has 0 atom stereocenters. The van der Waals surface area contributed by atoms with Crippen molar-refractivity contribution in [3.05, 3.63) is 71.3 Å². The lowest BCUT2D eigenvalue weighted by atomic mass is 10.1. The van der Waals surface area contributed by atoms with Gasteiger partial charge in [0.15, 0.2) is 0 Å². The molecule has 0 unspecified atom stereocenters. The molecule has 0 amide bonds. The van der Waals surface area contributed by atoms with Gasteiger partial charge in [-0.1, -0.05) is 47.6 Å². The third-order valence-electron chi connectivity index (χ3n) is 4.24. The van der Waals surface area contributed by atoms with Crippen molar-refractivity contribution in [1.82, 2.24) is 0 Å². The zero-order valence-corrected chi connectivity index (χ0v) is 17.8. The monoisotopic (exact) mass is 397 g/mol. The summed E-state index contributed by atoms with van der Waals surface area (Å²) >= 11 is 0. The number of rotatable bonds is 12. The highest BCUT2D eigenvalue weighted by atomic mass is 16.6. The number of benzene rings is 2. The van der Waals surface area contributed by atoms with Gasteiger partial charge in [-0.3, -0.25) is 0 Å². The first-order valence-corrected chi connectivity index (χ1v) is 9.87. The van der Waals surface area contributed by atoms with Crippen molar-refractivity contribution in [1.29, 1.82) is 0 Å². The Morgan fingerprint density at radius 3 is 2.38 bits per heavy atom. The van der Waals surface area contributed by atoms with Crippen LogP contribution in [0.4, 0.5) is 0 Å². The minimum atomic E-state index is 0.397. The van der Waals surface area contributed by atoms with Gasteiger partial charge >= 0.3 is 0 Å². The molecule has 0 bridgehead atoms. The minimum Gasteiger partial charge on any atom is -0.493 e. The van der Waals surface area contributed by atoms with E-state index in [1.165, 1.54) is 7.11 Å². The van der Waals surface area contributed by atoms with Crippen molar-refractivity contribution < 1.29 is 19.0 Å². The summed E-state index contributed by atoms with van der Waals surface area (Å²) in [6, 6.07) is 13.9. The fraction of sp³-hybridized carbons (Fsp3) is 0.375. The summed E-state index contributed by atoms with van der Waals surface area (Å²) in [6.45, 7) is 8.19. The van der Waals surface area contributed by atoms with Crippen LogP contribution in [0.1, 0.15) is 30.0 Å². The Labute approximate surface area is 173 Å². The third-order valence-corrected chi connectivity index (χ3v) is 4.24. The zero-order valence-electron chi connectivity index (χ0n) is 17.8. The smallest absolute Gasteiger partial charge is 0.125 e. The van der Waals surface area contributed by atoms with Crippen molar-refractivity contribution in [2.75, 3.05) is 33.5 Å². The summed E-state index contributed by atoms with van der Waals surface area (Å²) in [5, 5.41) is 4.06. The lowest BCUT2D eigenvalue weighted by Crippen LogP contribution is -2.13. The summed E-state index contributed by atoms with van der Waals surface area (Å²) in [4.78, 5) is 4.93. The first-order valence-electron chi connectivity index (χ1n) is 9.87. The molecule has 5 nitrogen and oxygen atoms in total. The molecule has 0 heterocycles. The molecule has 29 heavy (non-hydrogen) atoms. The molecule has 0 aliphatic carbocycles. The average Bonchev–Trinajstić information content (AvgIpc) is 2.72. The summed E-state index contributed by atoms with van der Waals surface area (Å²) in [7, 11) is 1.54. The standard InChI is InChI=1S/C24H31NO4/c1-5-6-14-28-22-16-19(2)24(20(3)17-22)29-15-10-13-27-18-23(25-26-4)21-11-8-7-9-12-21/h5-9,11-12,16-17H,10,13-15,18H2,1-4H3/b6-5+,25-23-. The Balaban J connectivity index is 1.76. The first kappa shape index (κ1) is 22.5. The molecule has 2 rings (SSSR count). The molecule has 0 spiro atoms. The minimum absolute atomic E-state index is 0.397. The number of hydrogen-bond donors (Lipinski definition) is 0. The van der Waals surface area contributed by atoms with Gasteiger partial charge in [0.2, 0.25) is 0 Å². The van der Waals surface area contributed by atoms with Crippen LogP contribution in [0.3, 0.4) is 0 Å². The highest BCUT2D eigenvalue weighted by Gasteiger charge is 2.08. The van der Waals surface area contributed by atoms with Crippen molar-refractivity contribution in [3.63, 3.8) is 0 Å². The number of ether oxygens (including phenoxy) is 3. The van der Waals surface area contributed by atoms with Crippen LogP contribution in [0.15, 0.2) is 59.8 Å². The fourth-order valence-corrected chi connectivity index (χ4v) is 2.87. The van der Waals surface area contributed by atoms with Crippen molar-refractivity contribution in [2.45, 2.75) is 27.2 Å². The van der Waals surface area contributed by atoms with Gasteiger partial charge in [-0.2, -0.15) is 0 Å². The largest absolute Gasteiger partial charge is 0.493 e. The van der Waals surface area contributed by atoms with Crippen LogP contribution in [-0.4, -0.2) is 39.2 Å². The van der Waals surface area contributed by atoms with Crippen molar-refractivity contribution >= 4 is 5.71 Å². The number of nitrogens with zero attached hydrogens (tertiary/aromatic N) is 1. The van der Waals surface area contributed by atoms with E-state index in [2.05, 4.69) is 5.16 Å². The Morgan fingerprint density at radius 1 is 1.00 bits per heavy atom. The van der Waals surface area contributed by atoms with E-state index in [1.807, 2.05) is 75.4 Å². The summed E-state index contributed by atoms with van der Waals surface area (Å²) in [6.07, 6.45) is 4.74. The van der Waals surface area contributed by atoms with Gasteiger partial charge in [-0.05, 0) is 44.0 Å². The van der Waals surface area contributed by atoms with Gasteiger partial charge in [-0.15, -0.1) is 0 Å². The topological polar surface area (TPSA) is 49.3 Å². The highest BCUT2D eigenvalue weighted by Crippen LogP contribution is 2.28. The molecule has 2 aromatic rings. The van der Waals surface area contributed by atoms with E-state index < -0.39 is 0 Å². The maximum absolute atomic E-state index is 5.98. The van der Waals surface area contributed by atoms with Gasteiger partial charge in [0.25, 0.3) is 0 Å². The molecule has 0 saturated carbocycles. The molecule has 0 aromatic heterocycles. The van der Waals surface area contributed by atoms with Gasteiger partial charge in [0.05, 0.1) is 19.8 Å². The van der Waals surface area contributed by atoms with Crippen LogP contribution < -0.4 is 9.47 Å². The van der Waals surface area contributed by atoms with Crippen LogP contribution in [0, 0.1) is 13.8 Å². The Morgan fingerprint density at radius 2 is 1.72 bits per heavy atom. The van der Waals surface area contributed by atoms with Crippen LogP contribution in [0.5, 0.6) is 11.5 Å². The Bertz CT molecular complexity index is 777. The van der Waals surface area contributed by atoms with Crippen LogP contribution in [-0.2, 0) is 9.57 Å². The van der Waals surface area contributed by atoms with E-state index in [9.17, 15) is 0 Å². The molecule has 0 N–H and O–H groups in total. The highest BCUT2D eigenvalue weighted by molar-refractivity contribution is 6.01. The zero-order chi connectivity index (χ0) is 20.9. The van der Waals surface area contributed by atoms with Crippen molar-refractivity contribution in [2.24, 2.45) is 5.16 Å². The quantitative estimate of drug-likeness (QED) is 0.216. The van der Waals surface area contributed by atoms with E-state index in [4.69, 9.17) is 19.0 Å². The van der Waals surface area contributed by atoms with Gasteiger partial charge in [-0.25, -0.2) is 0 Å². The molecule has 2 aromatic carbocycles. The van der Waals surface area contributed by atoms with E-state index in [0.717, 1.165) is 40.3 Å². The summed E-state index contributed by atoms with van der Waals surface area (Å²) < 4.78 is 17.5. The lowest BCUT2D eigenvalue weighted by Gasteiger charge is -2.14. The second-order valence-electron chi connectivity index (χ2n) is 6.61. The molecule has 0 aliphatic heterocycles. The fourth-order valence-electron chi connectivity index (χ4n) is 2.87. The molecule has 0 fully saturated rings. The maximum Gasteiger partial charge on any atom is 0.125 e. The normalized spacial score (nSPS) is 11.7. The second-order valence-corrected chi connectivity index (χ2v) is 6.61. The Hall–Kier alpha value is -2.79. The van der Waals surface area contributed by atoms with Gasteiger partial charge in [0.1, 0.15) is 30.9 Å².